The van der Waals surface area contributed by atoms with Crippen LogP contribution in [0.15, 0.2) is 10.5 Å². The van der Waals surface area contributed by atoms with E-state index in [2.05, 4.69) is 4.98 Å². The Morgan fingerprint density at radius 3 is 3.00 bits per heavy atom. The van der Waals surface area contributed by atoms with Gasteiger partial charge in [0.05, 0.1) is 0 Å². The molecule has 3 heteroatoms. The van der Waals surface area contributed by atoms with Crippen molar-refractivity contribution in [1.29, 1.82) is 0 Å². The maximum Gasteiger partial charge on any atom is 0.219 e. The summed E-state index contributed by atoms with van der Waals surface area (Å²) < 4.78 is 5.40. The van der Waals surface area contributed by atoms with E-state index in [4.69, 9.17) is 4.42 Å². The molecule has 0 unspecified atom stereocenters. The quantitative estimate of drug-likeness (QED) is 0.660. The van der Waals surface area contributed by atoms with Crippen molar-refractivity contribution in [3.05, 3.63) is 23.4 Å². The van der Waals surface area contributed by atoms with Gasteiger partial charge in [0, 0.05) is 12.8 Å². The summed E-state index contributed by atoms with van der Waals surface area (Å²) >= 11 is 0. The van der Waals surface area contributed by atoms with Crippen LogP contribution in [0.5, 0.6) is 0 Å². The number of carbonyl (C=O) groups excluding carboxylic acids is 1. The number of ketones is 1. The highest BCUT2D eigenvalue weighted by atomic mass is 16.4. The van der Waals surface area contributed by atoms with Gasteiger partial charge in [0.25, 0.3) is 0 Å². The lowest BCUT2D eigenvalue weighted by Gasteiger charge is -2.04. The number of hydrogen-bond donors (Lipinski definition) is 0. The van der Waals surface area contributed by atoms with Crippen molar-refractivity contribution < 1.29 is 9.21 Å². The van der Waals surface area contributed by atoms with Gasteiger partial charge >= 0.3 is 0 Å². The maximum absolute atomic E-state index is 11.4. The second-order valence-electron chi connectivity index (χ2n) is 3.10. The number of rotatable bonds is 1. The Morgan fingerprint density at radius 1 is 1.46 bits per heavy atom. The lowest BCUT2D eigenvalue weighted by molar-refractivity contribution is 0.0965. The number of oxazole rings is 1. The molecule has 2 rings (SSSR count). The maximum atomic E-state index is 11.4. The lowest BCUT2D eigenvalue weighted by Crippen LogP contribution is -2.09. The van der Waals surface area contributed by atoms with Gasteiger partial charge in [0.2, 0.25) is 5.89 Å². The average Bonchev–Trinajstić information content (AvgIpc) is 2.49. The van der Waals surface area contributed by atoms with Crippen LogP contribution in [0.1, 0.15) is 41.9 Å². The van der Waals surface area contributed by atoms with Crippen molar-refractivity contribution >= 4 is 11.9 Å². The van der Waals surface area contributed by atoms with Crippen LogP contribution < -0.4 is 0 Å². The summed E-state index contributed by atoms with van der Waals surface area (Å²) in [7, 11) is 0. The van der Waals surface area contributed by atoms with E-state index in [-0.39, 0.29) is 5.78 Å². The van der Waals surface area contributed by atoms with Crippen LogP contribution in [0, 0.1) is 0 Å². The predicted molar refractivity (Wildman–Crippen MR) is 48.5 cm³/mol. The van der Waals surface area contributed by atoms with E-state index in [1.165, 1.54) is 0 Å². The molecule has 0 atom stereocenters. The molecule has 0 spiro atoms. The van der Waals surface area contributed by atoms with Crippen LogP contribution in [0.2, 0.25) is 0 Å². The van der Waals surface area contributed by atoms with Gasteiger partial charge in [-0.15, -0.1) is 0 Å². The summed E-state index contributed by atoms with van der Waals surface area (Å²) in [4.78, 5) is 15.5. The largest absolute Gasteiger partial charge is 0.441 e. The third kappa shape index (κ3) is 1.41. The number of hydrogen-bond acceptors (Lipinski definition) is 3. The SMILES string of the molecule is CC=Cc1nc2c(o1)CCCC2=O. The van der Waals surface area contributed by atoms with E-state index < -0.39 is 0 Å². The number of Topliss-reactive ketones (excluding diaryl/α,β-unsaturated/α-hetero) is 1. The molecule has 0 fully saturated rings. The van der Waals surface area contributed by atoms with Crippen molar-refractivity contribution in [2.75, 3.05) is 0 Å². The smallest absolute Gasteiger partial charge is 0.219 e. The van der Waals surface area contributed by atoms with Crippen molar-refractivity contribution in [2.45, 2.75) is 26.2 Å². The van der Waals surface area contributed by atoms with E-state index in [1.54, 1.807) is 6.08 Å². The minimum atomic E-state index is 0.112. The molecule has 0 amide bonds. The minimum Gasteiger partial charge on any atom is -0.441 e. The highest BCUT2D eigenvalue weighted by molar-refractivity contribution is 5.96. The molecule has 1 aliphatic carbocycles. The first-order chi connectivity index (χ1) is 6.31. The Labute approximate surface area is 76.5 Å². The van der Waals surface area contributed by atoms with Crippen LogP contribution >= 0.6 is 0 Å². The molecule has 0 aromatic carbocycles. The molecule has 3 nitrogen and oxygen atoms in total. The first-order valence-corrected chi connectivity index (χ1v) is 4.47. The lowest BCUT2D eigenvalue weighted by atomic mass is 10.0. The van der Waals surface area contributed by atoms with Gasteiger partial charge in [-0.1, -0.05) is 6.08 Å². The number of aromatic nitrogens is 1. The summed E-state index contributed by atoms with van der Waals surface area (Å²) in [5.74, 6) is 1.41. The average molecular weight is 177 g/mol. The second-order valence-corrected chi connectivity index (χ2v) is 3.10. The molecule has 1 aromatic heterocycles. The molecule has 0 saturated heterocycles. The molecular weight excluding hydrogens is 166 g/mol. The number of fused-ring (bicyclic) bond motifs is 1. The zero-order valence-corrected chi connectivity index (χ0v) is 7.54. The van der Waals surface area contributed by atoms with Gasteiger partial charge in [-0.25, -0.2) is 4.98 Å². The Morgan fingerprint density at radius 2 is 2.31 bits per heavy atom. The summed E-state index contributed by atoms with van der Waals surface area (Å²) in [6, 6.07) is 0. The fraction of sp³-hybridized carbons (Fsp3) is 0.400. The Hall–Kier alpha value is -1.38. The van der Waals surface area contributed by atoms with E-state index in [0.29, 0.717) is 18.0 Å². The van der Waals surface area contributed by atoms with E-state index in [9.17, 15) is 4.79 Å². The summed E-state index contributed by atoms with van der Waals surface area (Å²) in [6.07, 6.45) is 5.95. The van der Waals surface area contributed by atoms with Crippen LogP contribution in [-0.4, -0.2) is 10.8 Å². The van der Waals surface area contributed by atoms with Crippen molar-refractivity contribution in [1.82, 2.24) is 4.98 Å². The molecule has 1 heterocycles. The fourth-order valence-electron chi connectivity index (χ4n) is 1.50. The first-order valence-electron chi connectivity index (χ1n) is 4.47. The van der Waals surface area contributed by atoms with Gasteiger partial charge < -0.3 is 4.42 Å². The highest BCUT2D eigenvalue weighted by Crippen LogP contribution is 2.22. The van der Waals surface area contributed by atoms with E-state index in [0.717, 1.165) is 18.6 Å². The Kier molecular flexibility index (Phi) is 2.00. The zero-order chi connectivity index (χ0) is 9.26. The van der Waals surface area contributed by atoms with E-state index >= 15 is 0 Å². The molecule has 0 N–H and O–H groups in total. The van der Waals surface area contributed by atoms with Crippen LogP contribution in [0.4, 0.5) is 0 Å². The Balaban J connectivity index is 2.42. The molecular formula is C10H11NO2. The zero-order valence-electron chi connectivity index (χ0n) is 7.54. The number of carbonyl (C=O) groups is 1. The molecule has 0 radical (unpaired) electrons. The number of aryl methyl sites for hydroxylation is 1. The van der Waals surface area contributed by atoms with Crippen LogP contribution in [0.25, 0.3) is 6.08 Å². The van der Waals surface area contributed by atoms with E-state index in [1.807, 2.05) is 13.0 Å². The van der Waals surface area contributed by atoms with Gasteiger partial charge in [-0.05, 0) is 19.4 Å². The summed E-state index contributed by atoms with van der Waals surface area (Å²) in [6.45, 7) is 1.89. The summed E-state index contributed by atoms with van der Waals surface area (Å²) in [5.41, 5.74) is 0.541. The third-order valence-corrected chi connectivity index (χ3v) is 2.09. The monoisotopic (exact) mass is 177 g/mol. The van der Waals surface area contributed by atoms with Crippen molar-refractivity contribution in [3.8, 4) is 0 Å². The van der Waals surface area contributed by atoms with Gasteiger partial charge in [-0.3, -0.25) is 4.79 Å². The standard InChI is InChI=1S/C10H11NO2/c1-2-4-9-11-10-7(12)5-3-6-8(10)13-9/h2,4H,3,5-6H2,1H3. The van der Waals surface area contributed by atoms with Crippen molar-refractivity contribution in [3.63, 3.8) is 0 Å². The predicted octanol–water partition coefficient (Wildman–Crippen LogP) is 2.23. The minimum absolute atomic E-state index is 0.112. The van der Waals surface area contributed by atoms with Crippen LogP contribution in [-0.2, 0) is 6.42 Å². The topological polar surface area (TPSA) is 43.1 Å². The van der Waals surface area contributed by atoms with Crippen molar-refractivity contribution in [2.24, 2.45) is 0 Å². The molecule has 0 aliphatic heterocycles. The molecule has 1 aliphatic rings. The third-order valence-electron chi connectivity index (χ3n) is 2.09. The van der Waals surface area contributed by atoms with Crippen LogP contribution in [0.3, 0.4) is 0 Å². The van der Waals surface area contributed by atoms with Gasteiger partial charge in [0.1, 0.15) is 11.5 Å². The highest BCUT2D eigenvalue weighted by Gasteiger charge is 2.22. The second kappa shape index (κ2) is 3.17. The molecule has 0 bridgehead atoms. The normalized spacial score (nSPS) is 16.5. The first kappa shape index (κ1) is 8.23. The fourth-order valence-corrected chi connectivity index (χ4v) is 1.50. The molecule has 68 valence electrons. The summed E-state index contributed by atoms with van der Waals surface area (Å²) in [5, 5.41) is 0. The number of allylic oxidation sites excluding steroid dienone is 1. The molecule has 1 aromatic rings. The van der Waals surface area contributed by atoms with Gasteiger partial charge in [0.15, 0.2) is 5.78 Å². The molecule has 13 heavy (non-hydrogen) atoms. The Bertz CT molecular complexity index is 363. The molecule has 0 saturated carbocycles. The van der Waals surface area contributed by atoms with Gasteiger partial charge in [-0.2, -0.15) is 0 Å². The number of nitrogens with zero attached hydrogens (tertiary/aromatic N) is 1.